The Morgan fingerprint density at radius 2 is 2.28 bits per heavy atom. The first-order chi connectivity index (χ1) is 8.61. The fourth-order valence-electron chi connectivity index (χ4n) is 2.27. The number of hydrogen-bond acceptors (Lipinski definition) is 3. The van der Waals surface area contributed by atoms with Gasteiger partial charge in [0.1, 0.15) is 5.75 Å². The van der Waals surface area contributed by atoms with Crippen LogP contribution in [0.25, 0.3) is 0 Å². The second-order valence-electron chi connectivity index (χ2n) is 4.45. The van der Waals surface area contributed by atoms with Gasteiger partial charge in [0.15, 0.2) is 0 Å². The molecule has 2 N–H and O–H groups in total. The van der Waals surface area contributed by atoms with Crippen LogP contribution in [-0.2, 0) is 4.74 Å². The topological polar surface area (TPSA) is 58.6 Å². The highest BCUT2D eigenvalue weighted by Gasteiger charge is 2.28. The predicted molar refractivity (Wildman–Crippen MR) is 69.0 cm³/mol. The molecular formula is C13H16ClNO3. The highest BCUT2D eigenvalue weighted by atomic mass is 35.5. The van der Waals surface area contributed by atoms with Gasteiger partial charge < -0.3 is 15.2 Å². The summed E-state index contributed by atoms with van der Waals surface area (Å²) in [5.41, 5.74) is 0.444. The number of methoxy groups -OCH3 is 1. The number of hydrogen-bond donors (Lipinski definition) is 2. The van der Waals surface area contributed by atoms with Crippen LogP contribution in [0.5, 0.6) is 5.75 Å². The average molecular weight is 270 g/mol. The van der Waals surface area contributed by atoms with Gasteiger partial charge in [-0.25, -0.2) is 0 Å². The number of halogens is 1. The molecule has 18 heavy (non-hydrogen) atoms. The van der Waals surface area contributed by atoms with E-state index in [2.05, 4.69) is 5.32 Å². The normalized spacial score (nSPS) is 23.0. The van der Waals surface area contributed by atoms with Crippen molar-refractivity contribution in [2.75, 3.05) is 7.11 Å². The van der Waals surface area contributed by atoms with Gasteiger partial charge in [0, 0.05) is 12.7 Å². The minimum absolute atomic E-state index is 0.0242. The van der Waals surface area contributed by atoms with E-state index in [4.69, 9.17) is 16.3 Å². The zero-order valence-electron chi connectivity index (χ0n) is 10.1. The van der Waals surface area contributed by atoms with Crippen LogP contribution < -0.4 is 5.32 Å². The number of benzene rings is 1. The molecule has 5 heteroatoms. The first-order valence-corrected chi connectivity index (χ1v) is 6.32. The van der Waals surface area contributed by atoms with Crippen LogP contribution in [0, 0.1) is 0 Å². The van der Waals surface area contributed by atoms with Crippen molar-refractivity contribution in [3.63, 3.8) is 0 Å². The lowest BCUT2D eigenvalue weighted by atomic mass is 10.1. The summed E-state index contributed by atoms with van der Waals surface area (Å²) in [6.07, 6.45) is 3.04. The van der Waals surface area contributed by atoms with Crippen molar-refractivity contribution in [3.8, 4) is 5.75 Å². The Bertz CT molecular complexity index is 450. The third kappa shape index (κ3) is 2.76. The summed E-state index contributed by atoms with van der Waals surface area (Å²) in [6.45, 7) is 0. The number of amides is 1. The number of aromatic hydroxyl groups is 1. The number of phenols is 1. The molecule has 0 radical (unpaired) electrons. The van der Waals surface area contributed by atoms with Gasteiger partial charge in [-0.1, -0.05) is 11.6 Å². The Hall–Kier alpha value is -1.26. The Morgan fingerprint density at radius 3 is 2.94 bits per heavy atom. The highest BCUT2D eigenvalue weighted by Crippen LogP contribution is 2.25. The third-order valence-electron chi connectivity index (χ3n) is 3.28. The summed E-state index contributed by atoms with van der Waals surface area (Å²) in [5, 5.41) is 12.4. The quantitative estimate of drug-likeness (QED) is 0.886. The van der Waals surface area contributed by atoms with Crippen molar-refractivity contribution in [2.24, 2.45) is 0 Å². The van der Waals surface area contributed by atoms with Gasteiger partial charge in [0.25, 0.3) is 5.91 Å². The van der Waals surface area contributed by atoms with Gasteiger partial charge in [-0.3, -0.25) is 4.79 Å². The molecule has 2 rings (SSSR count). The monoisotopic (exact) mass is 269 g/mol. The Morgan fingerprint density at radius 1 is 1.50 bits per heavy atom. The van der Waals surface area contributed by atoms with Crippen LogP contribution in [0.15, 0.2) is 18.2 Å². The van der Waals surface area contributed by atoms with Gasteiger partial charge in [-0.2, -0.15) is 0 Å². The molecule has 0 heterocycles. The summed E-state index contributed by atoms with van der Waals surface area (Å²) in [7, 11) is 1.66. The molecule has 0 aromatic heterocycles. The minimum atomic E-state index is -0.189. The number of rotatable bonds is 3. The van der Waals surface area contributed by atoms with Gasteiger partial charge in [0.2, 0.25) is 0 Å². The summed E-state index contributed by atoms with van der Waals surface area (Å²) in [4.78, 5) is 12.0. The molecular weight excluding hydrogens is 254 g/mol. The molecule has 1 aliphatic rings. The second-order valence-corrected chi connectivity index (χ2v) is 4.86. The van der Waals surface area contributed by atoms with Crippen LogP contribution in [0.3, 0.4) is 0 Å². The van der Waals surface area contributed by atoms with Gasteiger partial charge >= 0.3 is 0 Å². The first-order valence-electron chi connectivity index (χ1n) is 5.94. The van der Waals surface area contributed by atoms with Crippen LogP contribution in [-0.4, -0.2) is 30.3 Å². The molecule has 1 fully saturated rings. The zero-order chi connectivity index (χ0) is 13.1. The number of carbonyl (C=O) groups excluding carboxylic acids is 1. The smallest absolute Gasteiger partial charge is 0.251 e. The van der Waals surface area contributed by atoms with Gasteiger partial charge in [-0.05, 0) is 37.5 Å². The molecule has 1 saturated carbocycles. The molecule has 0 saturated heterocycles. The van der Waals surface area contributed by atoms with E-state index in [9.17, 15) is 9.90 Å². The maximum atomic E-state index is 12.0. The molecule has 2 unspecified atom stereocenters. The van der Waals surface area contributed by atoms with E-state index in [-0.39, 0.29) is 28.8 Å². The van der Waals surface area contributed by atoms with E-state index in [0.29, 0.717) is 5.56 Å². The SMILES string of the molecule is COC1CCCC1NC(=O)c1ccc(O)c(Cl)c1. The second kappa shape index (κ2) is 5.59. The van der Waals surface area contributed by atoms with Crippen molar-refractivity contribution in [3.05, 3.63) is 28.8 Å². The van der Waals surface area contributed by atoms with E-state index in [1.165, 1.54) is 12.1 Å². The molecule has 2 atom stereocenters. The summed E-state index contributed by atoms with van der Waals surface area (Å²) in [5.74, 6) is -0.213. The molecule has 1 amide bonds. The molecule has 4 nitrogen and oxygen atoms in total. The third-order valence-corrected chi connectivity index (χ3v) is 3.58. The molecule has 98 valence electrons. The molecule has 0 bridgehead atoms. The standard InChI is InChI=1S/C13H16ClNO3/c1-18-12-4-2-3-10(12)15-13(17)8-5-6-11(16)9(14)7-8/h5-7,10,12,16H,2-4H2,1H3,(H,15,17). The number of carbonyl (C=O) groups is 1. The van der Waals surface area contributed by atoms with Crippen molar-refractivity contribution >= 4 is 17.5 Å². The summed E-state index contributed by atoms with van der Waals surface area (Å²) in [6, 6.07) is 4.48. The predicted octanol–water partition coefficient (Wildman–Crippen LogP) is 2.34. The molecule has 1 aromatic rings. The van der Waals surface area contributed by atoms with Crippen molar-refractivity contribution in [1.29, 1.82) is 0 Å². The zero-order valence-corrected chi connectivity index (χ0v) is 10.9. The van der Waals surface area contributed by atoms with Crippen LogP contribution in [0.1, 0.15) is 29.6 Å². The van der Waals surface area contributed by atoms with E-state index < -0.39 is 0 Å². The van der Waals surface area contributed by atoms with Gasteiger partial charge in [0.05, 0.1) is 17.2 Å². The van der Waals surface area contributed by atoms with E-state index in [1.54, 1.807) is 13.2 Å². The van der Waals surface area contributed by atoms with E-state index in [0.717, 1.165) is 19.3 Å². The van der Waals surface area contributed by atoms with Crippen LogP contribution in [0.2, 0.25) is 5.02 Å². The Kier molecular flexibility index (Phi) is 4.09. The first kappa shape index (κ1) is 13.2. The maximum absolute atomic E-state index is 12.0. The number of nitrogens with one attached hydrogen (secondary N) is 1. The minimum Gasteiger partial charge on any atom is -0.506 e. The average Bonchev–Trinajstić information content (AvgIpc) is 2.79. The lowest BCUT2D eigenvalue weighted by molar-refractivity contribution is 0.0722. The summed E-state index contributed by atoms with van der Waals surface area (Å²) >= 11 is 5.78. The molecule has 1 aliphatic carbocycles. The van der Waals surface area contributed by atoms with E-state index in [1.807, 2.05) is 0 Å². The largest absolute Gasteiger partial charge is 0.506 e. The fraction of sp³-hybridized carbons (Fsp3) is 0.462. The van der Waals surface area contributed by atoms with E-state index >= 15 is 0 Å². The lowest BCUT2D eigenvalue weighted by Gasteiger charge is -2.19. The highest BCUT2D eigenvalue weighted by molar-refractivity contribution is 6.32. The number of ether oxygens (including phenoxy) is 1. The molecule has 0 spiro atoms. The Labute approximate surface area is 111 Å². The fourth-order valence-corrected chi connectivity index (χ4v) is 2.45. The van der Waals surface area contributed by atoms with Crippen molar-refractivity contribution in [2.45, 2.75) is 31.4 Å². The summed E-state index contributed by atoms with van der Waals surface area (Å²) < 4.78 is 5.32. The van der Waals surface area contributed by atoms with Crippen molar-refractivity contribution in [1.82, 2.24) is 5.32 Å². The van der Waals surface area contributed by atoms with Crippen molar-refractivity contribution < 1.29 is 14.6 Å². The van der Waals surface area contributed by atoms with Gasteiger partial charge in [-0.15, -0.1) is 0 Å². The number of phenolic OH excluding ortho intramolecular Hbond substituents is 1. The van der Waals surface area contributed by atoms with Crippen LogP contribution >= 0.6 is 11.6 Å². The Balaban J connectivity index is 2.05. The van der Waals surface area contributed by atoms with Crippen LogP contribution in [0.4, 0.5) is 0 Å². The molecule has 1 aromatic carbocycles. The maximum Gasteiger partial charge on any atom is 0.251 e. The molecule has 0 aliphatic heterocycles. The lowest BCUT2D eigenvalue weighted by Crippen LogP contribution is -2.40.